The van der Waals surface area contributed by atoms with E-state index in [9.17, 15) is 22.7 Å². The maximum absolute atomic E-state index is 14.8. The number of aromatic carboxylic acids is 1. The molecule has 1 saturated heterocycles. The summed E-state index contributed by atoms with van der Waals surface area (Å²) < 4.78 is 48.9. The molecule has 0 amide bonds. The summed E-state index contributed by atoms with van der Waals surface area (Å²) in [5, 5.41) is 9.02. The lowest BCUT2D eigenvalue weighted by atomic mass is 9.95. The van der Waals surface area contributed by atoms with Crippen LogP contribution in [0.4, 0.5) is 4.39 Å². The van der Waals surface area contributed by atoms with Gasteiger partial charge in [0.05, 0.1) is 17.2 Å². The molecule has 2 aliphatic heterocycles. The quantitative estimate of drug-likeness (QED) is 0.639. The number of aryl methyl sites for hydroxylation is 1. The molecule has 2 heterocycles. The first-order valence-corrected chi connectivity index (χ1v) is 13.8. The van der Waals surface area contributed by atoms with Crippen molar-refractivity contribution in [2.24, 2.45) is 0 Å². The summed E-state index contributed by atoms with van der Waals surface area (Å²) in [7, 11) is -4.31. The predicted molar refractivity (Wildman–Crippen MR) is 131 cm³/mol. The van der Waals surface area contributed by atoms with Crippen LogP contribution in [0.1, 0.15) is 48.0 Å². The Morgan fingerprint density at radius 2 is 1.89 bits per heavy atom. The molecule has 2 aromatic rings. The highest BCUT2D eigenvalue weighted by Gasteiger charge is 2.31. The summed E-state index contributed by atoms with van der Waals surface area (Å²) in [6.07, 6.45) is 5.52. The molecule has 0 aromatic heterocycles. The highest BCUT2D eigenvalue weighted by molar-refractivity contribution is 7.89. The van der Waals surface area contributed by atoms with Crippen molar-refractivity contribution in [3.05, 3.63) is 58.4 Å². The van der Waals surface area contributed by atoms with Crippen LogP contribution in [0.2, 0.25) is 5.02 Å². The summed E-state index contributed by atoms with van der Waals surface area (Å²) in [5.74, 6) is -1.74. The lowest BCUT2D eigenvalue weighted by Crippen LogP contribution is -2.45. The Bertz CT molecular complexity index is 1180. The second-order valence-corrected chi connectivity index (χ2v) is 11.4. The van der Waals surface area contributed by atoms with E-state index in [4.69, 9.17) is 16.3 Å². The van der Waals surface area contributed by atoms with E-state index < -0.39 is 32.3 Å². The van der Waals surface area contributed by atoms with E-state index in [1.54, 1.807) is 0 Å². The van der Waals surface area contributed by atoms with Crippen LogP contribution in [0.15, 0.2) is 41.3 Å². The molecule has 1 unspecified atom stereocenters. The number of carbonyl (C=O) groups is 1. The van der Waals surface area contributed by atoms with Gasteiger partial charge in [-0.05, 0) is 68.5 Å². The number of piperidine rings is 1. The zero-order valence-corrected chi connectivity index (χ0v) is 21.0. The van der Waals surface area contributed by atoms with E-state index in [2.05, 4.69) is 11.0 Å². The summed E-state index contributed by atoms with van der Waals surface area (Å²) in [4.78, 5) is 13.2. The Kier molecular flexibility index (Phi) is 8.31. The summed E-state index contributed by atoms with van der Waals surface area (Å²) in [6, 6.07) is 9.89. The number of carboxylic acids is 1. The zero-order valence-electron chi connectivity index (χ0n) is 19.5. The van der Waals surface area contributed by atoms with Crippen LogP contribution < -0.4 is 4.74 Å². The zero-order chi connectivity index (χ0) is 25.0. The van der Waals surface area contributed by atoms with Gasteiger partial charge in [-0.1, -0.05) is 30.2 Å². The van der Waals surface area contributed by atoms with Crippen molar-refractivity contribution in [1.82, 2.24) is 9.21 Å². The van der Waals surface area contributed by atoms with E-state index in [-0.39, 0.29) is 18.1 Å². The number of hydrogen-bond donors (Lipinski definition) is 1. The van der Waals surface area contributed by atoms with Crippen molar-refractivity contribution in [1.29, 1.82) is 0 Å². The van der Waals surface area contributed by atoms with Crippen LogP contribution in [-0.2, 0) is 16.4 Å². The fraction of sp³-hybridized carbons (Fsp3) is 0.480. The van der Waals surface area contributed by atoms with Crippen molar-refractivity contribution in [2.75, 3.05) is 32.8 Å². The van der Waals surface area contributed by atoms with Gasteiger partial charge >= 0.3 is 5.97 Å². The predicted octanol–water partition coefficient (Wildman–Crippen LogP) is 4.44. The normalized spacial score (nSPS) is 20.9. The maximum Gasteiger partial charge on any atom is 0.337 e. The van der Waals surface area contributed by atoms with Crippen LogP contribution in [0.5, 0.6) is 5.75 Å². The number of halogens is 2. The average molecular weight is 525 g/mol. The van der Waals surface area contributed by atoms with Gasteiger partial charge < -0.3 is 9.84 Å². The highest BCUT2D eigenvalue weighted by Crippen LogP contribution is 2.28. The molecule has 2 aliphatic rings. The smallest absolute Gasteiger partial charge is 0.337 e. The van der Waals surface area contributed by atoms with E-state index in [1.807, 2.05) is 18.2 Å². The molecule has 1 fully saturated rings. The highest BCUT2D eigenvalue weighted by atomic mass is 35.5. The number of hydrogen-bond acceptors (Lipinski definition) is 5. The molecular formula is C25H30ClFN2O5S. The van der Waals surface area contributed by atoms with Gasteiger partial charge in [0, 0.05) is 25.7 Å². The average Bonchev–Trinajstić information content (AvgIpc) is 2.82. The number of sulfonamides is 1. The third-order valence-electron chi connectivity index (χ3n) is 6.74. The first-order valence-electron chi connectivity index (χ1n) is 11.9. The lowest BCUT2D eigenvalue weighted by molar-refractivity contribution is 0.0696. The van der Waals surface area contributed by atoms with E-state index in [0.29, 0.717) is 25.6 Å². The van der Waals surface area contributed by atoms with Gasteiger partial charge in [0.15, 0.2) is 0 Å². The van der Waals surface area contributed by atoms with Crippen molar-refractivity contribution >= 4 is 27.6 Å². The van der Waals surface area contributed by atoms with Crippen molar-refractivity contribution in [2.45, 2.75) is 49.5 Å². The van der Waals surface area contributed by atoms with E-state index in [1.165, 1.54) is 9.87 Å². The van der Waals surface area contributed by atoms with Gasteiger partial charge in [-0.15, -0.1) is 0 Å². The Morgan fingerprint density at radius 1 is 1.06 bits per heavy atom. The lowest BCUT2D eigenvalue weighted by Gasteiger charge is -2.37. The summed E-state index contributed by atoms with van der Waals surface area (Å²) in [5.41, 5.74) is 0.773. The standard InChI is InChI=1S/C25H30ClFN2O5S/c26-22-17-23(27)24(16-21(22)25(30)31)35(32,33)29-11-4-14-34-20-7-3-5-18(15-20)8-9-19-6-1-2-10-28(19)12-13-29/h3,5,7,15-17,19H,1-2,4,6,8-14H2,(H,30,31). The fourth-order valence-electron chi connectivity index (χ4n) is 4.86. The largest absolute Gasteiger partial charge is 0.494 e. The molecule has 4 rings (SSSR count). The van der Waals surface area contributed by atoms with Crippen LogP contribution in [0, 0.1) is 5.82 Å². The maximum atomic E-state index is 14.8. The number of carboxylic acid groups (broad SMARTS) is 1. The Balaban J connectivity index is 1.63. The van der Waals surface area contributed by atoms with Crippen LogP contribution >= 0.6 is 11.6 Å². The molecule has 1 N–H and O–H groups in total. The van der Waals surface area contributed by atoms with Gasteiger partial charge in [0.1, 0.15) is 16.5 Å². The first kappa shape index (κ1) is 25.9. The van der Waals surface area contributed by atoms with Crippen LogP contribution in [0.25, 0.3) is 0 Å². The minimum Gasteiger partial charge on any atom is -0.494 e. The summed E-state index contributed by atoms with van der Waals surface area (Å²) >= 11 is 5.83. The molecule has 1 atom stereocenters. The van der Waals surface area contributed by atoms with Crippen LogP contribution in [0.3, 0.4) is 0 Å². The molecule has 0 aliphatic carbocycles. The molecule has 10 heteroatoms. The SMILES string of the molecule is O=C(O)c1cc(S(=O)(=O)N2CCCOc3cccc(c3)CCC3CCCCN3CC2)c(F)cc1Cl. The Hall–Kier alpha value is -2.20. The number of ether oxygens (including phenoxy) is 1. The number of rotatable bonds is 3. The number of nitrogens with zero attached hydrogens (tertiary/aromatic N) is 2. The number of benzene rings is 2. The molecule has 7 nitrogen and oxygen atoms in total. The number of fused-ring (bicyclic) bond motifs is 3. The van der Waals surface area contributed by atoms with Gasteiger partial charge in [-0.2, -0.15) is 4.31 Å². The van der Waals surface area contributed by atoms with Crippen molar-refractivity contribution in [3.8, 4) is 5.75 Å². The first-order chi connectivity index (χ1) is 16.8. The van der Waals surface area contributed by atoms with E-state index >= 15 is 0 Å². The molecule has 2 bridgehead atoms. The second-order valence-electron chi connectivity index (χ2n) is 9.05. The minimum absolute atomic E-state index is 0.116. The molecule has 190 valence electrons. The molecular weight excluding hydrogens is 495 g/mol. The van der Waals surface area contributed by atoms with Gasteiger partial charge in [-0.3, -0.25) is 4.90 Å². The second kappa shape index (κ2) is 11.2. The molecule has 0 saturated carbocycles. The third-order valence-corrected chi connectivity index (χ3v) is 8.97. The minimum atomic E-state index is -4.31. The van der Waals surface area contributed by atoms with Gasteiger partial charge in [0.2, 0.25) is 10.0 Å². The Labute approximate surface area is 210 Å². The molecule has 0 spiro atoms. The van der Waals surface area contributed by atoms with Crippen LogP contribution in [-0.4, -0.2) is 67.5 Å². The van der Waals surface area contributed by atoms with E-state index in [0.717, 1.165) is 56.5 Å². The van der Waals surface area contributed by atoms with Gasteiger partial charge in [-0.25, -0.2) is 17.6 Å². The monoisotopic (exact) mass is 524 g/mol. The molecule has 0 radical (unpaired) electrons. The molecule has 35 heavy (non-hydrogen) atoms. The van der Waals surface area contributed by atoms with Gasteiger partial charge in [0.25, 0.3) is 0 Å². The Morgan fingerprint density at radius 3 is 2.69 bits per heavy atom. The third kappa shape index (κ3) is 6.14. The summed E-state index contributed by atoms with van der Waals surface area (Å²) in [6.45, 7) is 2.00. The molecule has 2 aromatic carbocycles. The van der Waals surface area contributed by atoms with Crippen molar-refractivity contribution in [3.63, 3.8) is 0 Å². The fourth-order valence-corrected chi connectivity index (χ4v) is 6.63. The van der Waals surface area contributed by atoms with Crippen molar-refractivity contribution < 1.29 is 27.4 Å². The topological polar surface area (TPSA) is 87.1 Å².